The SMILES string of the molecule is CCc1ccc(C(=O)N2CCCC[C@@H]2CCc2ccc(O)cc2)[nH]1. The number of phenols is 1. The van der Waals surface area contributed by atoms with E-state index >= 15 is 0 Å². The molecule has 1 saturated heterocycles. The van der Waals surface area contributed by atoms with E-state index in [0.29, 0.717) is 17.5 Å². The highest BCUT2D eigenvalue weighted by molar-refractivity contribution is 5.92. The van der Waals surface area contributed by atoms with E-state index in [1.54, 1.807) is 12.1 Å². The van der Waals surface area contributed by atoms with E-state index in [-0.39, 0.29) is 5.91 Å². The van der Waals surface area contributed by atoms with Crippen LogP contribution in [0, 0.1) is 0 Å². The number of nitrogens with one attached hydrogen (secondary N) is 1. The Morgan fingerprint density at radius 2 is 2.00 bits per heavy atom. The molecule has 0 saturated carbocycles. The molecule has 0 aliphatic carbocycles. The first kappa shape index (κ1) is 16.6. The van der Waals surface area contributed by atoms with Gasteiger partial charge < -0.3 is 15.0 Å². The fourth-order valence-corrected chi connectivity index (χ4v) is 3.49. The third-order valence-corrected chi connectivity index (χ3v) is 4.95. The smallest absolute Gasteiger partial charge is 0.270 e. The largest absolute Gasteiger partial charge is 0.508 e. The summed E-state index contributed by atoms with van der Waals surface area (Å²) in [5, 5.41) is 9.38. The number of aromatic nitrogens is 1. The molecule has 0 radical (unpaired) electrons. The molecular weight excluding hydrogens is 300 g/mol. The molecule has 2 heterocycles. The number of hydrogen-bond donors (Lipinski definition) is 2. The summed E-state index contributed by atoms with van der Waals surface area (Å²) in [6.07, 6.45) is 6.16. The molecule has 4 nitrogen and oxygen atoms in total. The molecule has 0 spiro atoms. The minimum Gasteiger partial charge on any atom is -0.508 e. The minimum atomic E-state index is 0.130. The summed E-state index contributed by atoms with van der Waals surface area (Å²) >= 11 is 0. The number of carbonyl (C=O) groups is 1. The van der Waals surface area contributed by atoms with Crippen molar-refractivity contribution >= 4 is 5.91 Å². The van der Waals surface area contributed by atoms with Crippen LogP contribution in [0.15, 0.2) is 36.4 Å². The van der Waals surface area contributed by atoms with Crippen LogP contribution in [0.2, 0.25) is 0 Å². The number of H-pyrrole nitrogens is 1. The molecule has 1 aliphatic rings. The number of hydrogen-bond acceptors (Lipinski definition) is 2. The van der Waals surface area contributed by atoms with Crippen LogP contribution in [0.3, 0.4) is 0 Å². The Bertz CT molecular complexity index is 675. The second-order valence-corrected chi connectivity index (χ2v) is 6.60. The minimum absolute atomic E-state index is 0.130. The zero-order valence-corrected chi connectivity index (χ0v) is 14.3. The average Bonchev–Trinajstić information content (AvgIpc) is 3.10. The Morgan fingerprint density at radius 3 is 2.71 bits per heavy atom. The molecule has 1 atom stereocenters. The lowest BCUT2D eigenvalue weighted by atomic mass is 9.95. The van der Waals surface area contributed by atoms with Crippen LogP contribution in [0.5, 0.6) is 5.75 Å². The van der Waals surface area contributed by atoms with E-state index < -0.39 is 0 Å². The number of aromatic amines is 1. The quantitative estimate of drug-likeness (QED) is 0.875. The van der Waals surface area contributed by atoms with E-state index in [2.05, 4.69) is 16.8 Å². The summed E-state index contributed by atoms with van der Waals surface area (Å²) in [7, 11) is 0. The van der Waals surface area contributed by atoms with Crippen molar-refractivity contribution in [2.75, 3.05) is 6.54 Å². The summed E-state index contributed by atoms with van der Waals surface area (Å²) in [5.41, 5.74) is 3.03. The van der Waals surface area contributed by atoms with Gasteiger partial charge >= 0.3 is 0 Å². The lowest BCUT2D eigenvalue weighted by molar-refractivity contribution is 0.0596. The van der Waals surface area contributed by atoms with Crippen molar-refractivity contribution in [1.29, 1.82) is 0 Å². The molecule has 24 heavy (non-hydrogen) atoms. The van der Waals surface area contributed by atoms with Crippen molar-refractivity contribution < 1.29 is 9.90 Å². The van der Waals surface area contributed by atoms with Gasteiger partial charge in [-0.25, -0.2) is 0 Å². The number of nitrogens with zero attached hydrogens (tertiary/aromatic N) is 1. The molecular formula is C20H26N2O2. The summed E-state index contributed by atoms with van der Waals surface area (Å²) in [6.45, 7) is 2.93. The van der Waals surface area contributed by atoms with E-state index in [1.807, 2.05) is 24.3 Å². The molecule has 0 unspecified atom stereocenters. The molecule has 2 aromatic rings. The fourth-order valence-electron chi connectivity index (χ4n) is 3.49. The van der Waals surface area contributed by atoms with E-state index in [0.717, 1.165) is 44.3 Å². The van der Waals surface area contributed by atoms with Crippen LogP contribution >= 0.6 is 0 Å². The average molecular weight is 326 g/mol. The first-order valence-corrected chi connectivity index (χ1v) is 8.94. The maximum atomic E-state index is 12.9. The highest BCUT2D eigenvalue weighted by Crippen LogP contribution is 2.24. The van der Waals surface area contributed by atoms with Crippen molar-refractivity contribution in [3.8, 4) is 5.75 Å². The van der Waals surface area contributed by atoms with Gasteiger partial charge in [0.15, 0.2) is 0 Å². The number of phenolic OH excluding ortho intramolecular Hbond substituents is 1. The number of aromatic hydroxyl groups is 1. The maximum absolute atomic E-state index is 12.9. The number of carbonyl (C=O) groups excluding carboxylic acids is 1. The number of piperidine rings is 1. The molecule has 1 amide bonds. The van der Waals surface area contributed by atoms with Crippen LogP contribution < -0.4 is 0 Å². The second-order valence-electron chi connectivity index (χ2n) is 6.60. The number of amides is 1. The molecule has 3 rings (SSSR count). The Morgan fingerprint density at radius 1 is 1.21 bits per heavy atom. The van der Waals surface area contributed by atoms with E-state index in [4.69, 9.17) is 0 Å². The van der Waals surface area contributed by atoms with Gasteiger partial charge in [0.05, 0.1) is 0 Å². The third kappa shape index (κ3) is 3.81. The monoisotopic (exact) mass is 326 g/mol. The standard InChI is InChI=1S/C20H26N2O2/c1-2-16-9-13-19(21-16)20(24)22-14-4-3-5-17(22)10-6-15-7-11-18(23)12-8-15/h7-9,11-13,17,21,23H,2-6,10,14H2,1H3/t17-/m1/s1. The maximum Gasteiger partial charge on any atom is 0.270 e. The Balaban J connectivity index is 1.66. The fraction of sp³-hybridized carbons (Fsp3) is 0.450. The van der Waals surface area contributed by atoms with Crippen LogP contribution in [0.25, 0.3) is 0 Å². The van der Waals surface area contributed by atoms with Gasteiger partial charge in [-0.1, -0.05) is 19.1 Å². The summed E-state index contributed by atoms with van der Waals surface area (Å²) in [4.78, 5) is 18.1. The molecule has 1 aliphatic heterocycles. The summed E-state index contributed by atoms with van der Waals surface area (Å²) in [5.74, 6) is 0.428. The normalized spacial score (nSPS) is 17.9. The number of aryl methyl sites for hydroxylation is 2. The number of rotatable bonds is 5. The first-order valence-electron chi connectivity index (χ1n) is 8.94. The van der Waals surface area contributed by atoms with Crippen molar-refractivity contribution in [3.63, 3.8) is 0 Å². The highest BCUT2D eigenvalue weighted by atomic mass is 16.3. The zero-order valence-electron chi connectivity index (χ0n) is 14.3. The summed E-state index contributed by atoms with van der Waals surface area (Å²) < 4.78 is 0. The van der Waals surface area contributed by atoms with Gasteiger partial charge in [-0.15, -0.1) is 0 Å². The van der Waals surface area contributed by atoms with Crippen LogP contribution in [0.4, 0.5) is 0 Å². The van der Waals surface area contributed by atoms with Gasteiger partial charge in [0.1, 0.15) is 11.4 Å². The topological polar surface area (TPSA) is 56.3 Å². The van der Waals surface area contributed by atoms with Gasteiger partial charge in [-0.2, -0.15) is 0 Å². The predicted molar refractivity (Wildman–Crippen MR) is 95.3 cm³/mol. The third-order valence-electron chi connectivity index (χ3n) is 4.95. The summed E-state index contributed by atoms with van der Waals surface area (Å²) in [6, 6.07) is 11.6. The number of benzene rings is 1. The molecule has 2 N–H and O–H groups in total. The molecule has 128 valence electrons. The van der Waals surface area contributed by atoms with Gasteiger partial charge in [0, 0.05) is 18.3 Å². The van der Waals surface area contributed by atoms with Crippen molar-refractivity contribution in [2.45, 2.75) is 51.5 Å². The van der Waals surface area contributed by atoms with E-state index in [1.165, 1.54) is 12.0 Å². The lowest BCUT2D eigenvalue weighted by Crippen LogP contribution is -2.44. The van der Waals surface area contributed by atoms with Crippen molar-refractivity contribution in [3.05, 3.63) is 53.3 Å². The van der Waals surface area contributed by atoms with Crippen molar-refractivity contribution in [2.24, 2.45) is 0 Å². The van der Waals surface area contributed by atoms with Crippen molar-refractivity contribution in [1.82, 2.24) is 9.88 Å². The first-order chi connectivity index (χ1) is 11.7. The molecule has 4 heteroatoms. The Labute approximate surface area is 143 Å². The zero-order chi connectivity index (χ0) is 16.9. The van der Waals surface area contributed by atoms with Gasteiger partial charge in [0.2, 0.25) is 0 Å². The highest BCUT2D eigenvalue weighted by Gasteiger charge is 2.27. The lowest BCUT2D eigenvalue weighted by Gasteiger charge is -2.35. The van der Waals surface area contributed by atoms with Crippen LogP contribution in [0.1, 0.15) is 54.4 Å². The van der Waals surface area contributed by atoms with E-state index in [9.17, 15) is 9.90 Å². The van der Waals surface area contributed by atoms with Gasteiger partial charge in [0.25, 0.3) is 5.91 Å². The molecule has 1 aromatic carbocycles. The number of likely N-dealkylation sites (tertiary alicyclic amines) is 1. The molecule has 0 bridgehead atoms. The van der Waals surface area contributed by atoms with Crippen LogP contribution in [-0.2, 0) is 12.8 Å². The van der Waals surface area contributed by atoms with Gasteiger partial charge in [-0.3, -0.25) is 4.79 Å². The molecule has 1 aromatic heterocycles. The predicted octanol–water partition coefficient (Wildman–Crippen LogP) is 3.91. The second kappa shape index (κ2) is 7.56. The molecule has 1 fully saturated rings. The van der Waals surface area contributed by atoms with Gasteiger partial charge in [-0.05, 0) is 68.4 Å². The Hall–Kier alpha value is -2.23. The Kier molecular flexibility index (Phi) is 5.24. The van der Waals surface area contributed by atoms with Crippen LogP contribution in [-0.4, -0.2) is 33.5 Å².